The lowest BCUT2D eigenvalue weighted by molar-refractivity contribution is -0.140. The van der Waals surface area contributed by atoms with Crippen LogP contribution in [0.15, 0.2) is 82.6 Å². The van der Waals surface area contributed by atoms with E-state index in [2.05, 4.69) is 16.8 Å². The number of hydrogen-bond donors (Lipinski definition) is 2. The molecule has 2 aromatic carbocycles. The smallest absolute Gasteiger partial charge is 0.333 e. The minimum absolute atomic E-state index is 0.00454. The van der Waals surface area contributed by atoms with E-state index < -0.39 is 17.5 Å². The monoisotopic (exact) mass is 490 g/mol. The molecule has 0 aromatic heterocycles. The van der Waals surface area contributed by atoms with Crippen LogP contribution in [0.4, 0.5) is 22.7 Å². The van der Waals surface area contributed by atoms with Gasteiger partial charge in [0.05, 0.1) is 18.0 Å². The van der Waals surface area contributed by atoms with Gasteiger partial charge in [-0.15, -0.1) is 10.2 Å². The predicted octanol–water partition coefficient (Wildman–Crippen LogP) is 5.32. The normalized spacial score (nSPS) is 12.6. The minimum atomic E-state index is -0.562. The zero-order valence-electron chi connectivity index (χ0n) is 20.6. The standard InChI is InChI=1S/C25H24N4O5.C2H6/c1-15(2)25(32)34-14-16-9-10-19(28-29-20-7-4-6-18(26)23(20)27)22(13-16)33-12-11-17-5-3-8-21(30)24(17)31;1-2/h3-10,13H,1,11-12,14,26-27H2,2H3;1-2H3. The third kappa shape index (κ3) is 7.49. The second-order valence-corrected chi connectivity index (χ2v) is 7.48. The average molecular weight is 491 g/mol. The number of carbonyl (C=O) groups excluding carboxylic acids is 3. The first-order valence-corrected chi connectivity index (χ1v) is 11.4. The lowest BCUT2D eigenvalue weighted by Gasteiger charge is -2.12. The number of carbonyl (C=O) groups is 3. The van der Waals surface area contributed by atoms with Crippen molar-refractivity contribution in [1.82, 2.24) is 0 Å². The highest BCUT2D eigenvalue weighted by Gasteiger charge is 2.19. The summed E-state index contributed by atoms with van der Waals surface area (Å²) in [5.41, 5.74) is 14.5. The van der Waals surface area contributed by atoms with Crippen molar-refractivity contribution in [3.63, 3.8) is 0 Å². The number of allylic oxidation sites excluding steroid dienone is 3. The van der Waals surface area contributed by atoms with Gasteiger partial charge in [0.25, 0.3) is 0 Å². The molecule has 9 nitrogen and oxygen atoms in total. The minimum Gasteiger partial charge on any atom is -0.491 e. The Morgan fingerprint density at radius 3 is 2.50 bits per heavy atom. The number of ketones is 2. The number of azo groups is 1. The van der Waals surface area contributed by atoms with E-state index in [1.165, 1.54) is 12.2 Å². The van der Waals surface area contributed by atoms with Crippen LogP contribution in [0, 0.1) is 0 Å². The maximum atomic E-state index is 12.0. The molecule has 9 heteroatoms. The number of hydrogen-bond acceptors (Lipinski definition) is 9. The van der Waals surface area contributed by atoms with Crippen molar-refractivity contribution in [2.75, 3.05) is 18.1 Å². The molecule has 1 aliphatic rings. The molecule has 0 saturated carbocycles. The number of nitrogen functional groups attached to an aromatic ring is 2. The van der Waals surface area contributed by atoms with E-state index in [1.807, 2.05) is 13.8 Å². The SMILES string of the molecule is C=C(C)C(=O)OCc1ccc(N=Nc2cccc(N)c2N)c(OCCC2=CC=CC(=O)C2=O)c1.CC. The molecule has 0 spiro atoms. The van der Waals surface area contributed by atoms with Crippen molar-refractivity contribution in [2.45, 2.75) is 33.8 Å². The van der Waals surface area contributed by atoms with E-state index in [0.717, 1.165) is 0 Å². The Balaban J connectivity index is 0.00000222. The number of nitrogens with two attached hydrogens (primary N) is 2. The summed E-state index contributed by atoms with van der Waals surface area (Å²) in [5.74, 6) is -1.28. The first-order chi connectivity index (χ1) is 17.3. The fraction of sp³-hybridized carbons (Fsp3) is 0.222. The Morgan fingerprint density at radius 1 is 1.06 bits per heavy atom. The number of Topliss-reactive ketones (excluding diaryl/α,β-unsaturated/α-hetero) is 1. The van der Waals surface area contributed by atoms with Gasteiger partial charge in [-0.25, -0.2) is 4.79 Å². The summed E-state index contributed by atoms with van der Waals surface area (Å²) in [7, 11) is 0. The molecule has 1 aliphatic carbocycles. The fourth-order valence-electron chi connectivity index (χ4n) is 2.91. The second-order valence-electron chi connectivity index (χ2n) is 7.48. The molecule has 4 N–H and O–H groups in total. The van der Waals surface area contributed by atoms with E-state index >= 15 is 0 Å². The maximum absolute atomic E-state index is 12.0. The Labute approximate surface area is 210 Å². The van der Waals surface area contributed by atoms with Crippen molar-refractivity contribution in [3.8, 4) is 5.75 Å². The summed E-state index contributed by atoms with van der Waals surface area (Å²) in [6.45, 7) is 9.23. The lowest BCUT2D eigenvalue weighted by atomic mass is 10.00. The first-order valence-electron chi connectivity index (χ1n) is 11.4. The molecule has 0 saturated heterocycles. The number of para-hydroxylation sites is 1. The molecule has 0 amide bonds. The molecular formula is C27H30N4O5. The summed E-state index contributed by atoms with van der Waals surface area (Å²) in [5, 5.41) is 8.40. The van der Waals surface area contributed by atoms with Crippen molar-refractivity contribution in [2.24, 2.45) is 10.2 Å². The number of benzene rings is 2. The maximum Gasteiger partial charge on any atom is 0.333 e. The van der Waals surface area contributed by atoms with E-state index in [1.54, 1.807) is 49.4 Å². The van der Waals surface area contributed by atoms with Gasteiger partial charge in [0.2, 0.25) is 11.6 Å². The van der Waals surface area contributed by atoms with Gasteiger partial charge in [0.1, 0.15) is 23.7 Å². The summed E-state index contributed by atoms with van der Waals surface area (Å²) >= 11 is 0. The summed E-state index contributed by atoms with van der Waals surface area (Å²) in [6, 6.07) is 10.1. The zero-order chi connectivity index (χ0) is 26.7. The number of anilines is 2. The van der Waals surface area contributed by atoms with Crippen molar-refractivity contribution in [3.05, 3.63) is 77.9 Å². The van der Waals surface area contributed by atoms with Crippen LogP contribution >= 0.6 is 0 Å². The average Bonchev–Trinajstić information content (AvgIpc) is 2.87. The molecule has 0 aliphatic heterocycles. The van der Waals surface area contributed by atoms with E-state index in [4.69, 9.17) is 20.9 Å². The van der Waals surface area contributed by atoms with Gasteiger partial charge in [-0.2, -0.15) is 0 Å². The molecule has 2 aromatic rings. The van der Waals surface area contributed by atoms with Gasteiger partial charge in [-0.1, -0.05) is 44.7 Å². The Morgan fingerprint density at radius 2 is 1.78 bits per heavy atom. The largest absolute Gasteiger partial charge is 0.491 e. The van der Waals surface area contributed by atoms with Crippen LogP contribution in [-0.2, 0) is 25.7 Å². The van der Waals surface area contributed by atoms with E-state index in [0.29, 0.717) is 39.6 Å². The highest BCUT2D eigenvalue weighted by atomic mass is 16.5. The van der Waals surface area contributed by atoms with Gasteiger partial charge >= 0.3 is 5.97 Å². The Hall–Kier alpha value is -4.53. The predicted molar refractivity (Wildman–Crippen MR) is 139 cm³/mol. The summed E-state index contributed by atoms with van der Waals surface area (Å²) < 4.78 is 11.1. The highest BCUT2D eigenvalue weighted by molar-refractivity contribution is 6.48. The van der Waals surface area contributed by atoms with Crippen molar-refractivity contribution in [1.29, 1.82) is 0 Å². The lowest BCUT2D eigenvalue weighted by Crippen LogP contribution is -2.18. The van der Waals surface area contributed by atoms with Crippen LogP contribution in [0.2, 0.25) is 0 Å². The van der Waals surface area contributed by atoms with Gasteiger partial charge in [0.15, 0.2) is 0 Å². The van der Waals surface area contributed by atoms with Crippen LogP contribution in [-0.4, -0.2) is 24.1 Å². The number of rotatable bonds is 9. The van der Waals surface area contributed by atoms with Crippen molar-refractivity contribution >= 4 is 40.3 Å². The second kappa shape index (κ2) is 13.4. The molecule has 36 heavy (non-hydrogen) atoms. The quantitative estimate of drug-likeness (QED) is 0.121. The van der Waals surface area contributed by atoms with Crippen LogP contribution < -0.4 is 16.2 Å². The summed E-state index contributed by atoms with van der Waals surface area (Å²) in [4.78, 5) is 35.3. The van der Waals surface area contributed by atoms with Gasteiger partial charge in [-0.05, 0) is 42.8 Å². The van der Waals surface area contributed by atoms with E-state index in [-0.39, 0.29) is 25.2 Å². The van der Waals surface area contributed by atoms with Crippen LogP contribution in [0.3, 0.4) is 0 Å². The van der Waals surface area contributed by atoms with Crippen LogP contribution in [0.1, 0.15) is 32.8 Å². The summed E-state index contributed by atoms with van der Waals surface area (Å²) in [6.07, 6.45) is 4.57. The van der Waals surface area contributed by atoms with Gasteiger partial charge < -0.3 is 20.9 Å². The van der Waals surface area contributed by atoms with Crippen molar-refractivity contribution < 1.29 is 23.9 Å². The highest BCUT2D eigenvalue weighted by Crippen LogP contribution is 2.33. The molecule has 0 fully saturated rings. The van der Waals surface area contributed by atoms with E-state index in [9.17, 15) is 14.4 Å². The molecule has 0 atom stereocenters. The topological polar surface area (TPSA) is 146 Å². The number of nitrogens with zero attached hydrogens (tertiary/aromatic N) is 2. The number of esters is 1. The molecule has 0 radical (unpaired) electrons. The first kappa shape index (κ1) is 27.7. The Bertz CT molecular complexity index is 1240. The Kier molecular flexibility index (Phi) is 10.3. The molecule has 3 rings (SSSR count). The van der Waals surface area contributed by atoms with Gasteiger partial charge in [0, 0.05) is 17.6 Å². The van der Waals surface area contributed by atoms with Gasteiger partial charge in [-0.3, -0.25) is 9.59 Å². The molecule has 0 unspecified atom stereocenters. The fourth-order valence-corrected chi connectivity index (χ4v) is 2.91. The molecular weight excluding hydrogens is 460 g/mol. The third-order valence-electron chi connectivity index (χ3n) is 4.81. The zero-order valence-corrected chi connectivity index (χ0v) is 20.6. The molecule has 0 bridgehead atoms. The van der Waals surface area contributed by atoms with Crippen LogP contribution in [0.5, 0.6) is 5.75 Å². The number of ether oxygens (including phenoxy) is 2. The molecule has 0 heterocycles. The third-order valence-corrected chi connectivity index (χ3v) is 4.81. The molecule has 188 valence electrons. The van der Waals surface area contributed by atoms with Crippen LogP contribution in [0.25, 0.3) is 0 Å².